The number of rotatable bonds is 2. The Balaban J connectivity index is 0.00000144. The Bertz CT molecular complexity index is 811. The molecule has 3 nitrogen and oxygen atoms in total. The summed E-state index contributed by atoms with van der Waals surface area (Å²) in [4.78, 5) is 0. The first kappa shape index (κ1) is 15.2. The van der Waals surface area contributed by atoms with Gasteiger partial charge >= 0.3 is 5.95 Å². The first-order valence-corrected chi connectivity index (χ1v) is 7.71. The zero-order chi connectivity index (χ0) is 14.2. The number of hydrogen-bond donors (Lipinski definition) is 1. The van der Waals surface area contributed by atoms with Gasteiger partial charge in [-0.1, -0.05) is 41.9 Å². The normalized spacial score (nSPS) is 13.3. The van der Waals surface area contributed by atoms with E-state index < -0.39 is 0 Å². The van der Waals surface area contributed by atoms with Gasteiger partial charge in [-0.25, -0.2) is 9.13 Å². The molecule has 0 fully saturated rings. The molecule has 0 amide bonds. The lowest BCUT2D eigenvalue weighted by Gasteiger charge is -2.12. The quantitative estimate of drug-likeness (QED) is 0.675. The predicted octanol–water partition coefficient (Wildman–Crippen LogP) is 0.450. The van der Waals surface area contributed by atoms with Crippen LogP contribution in [0.1, 0.15) is 12.0 Å². The maximum atomic E-state index is 6.33. The van der Waals surface area contributed by atoms with Gasteiger partial charge in [0.25, 0.3) is 0 Å². The molecule has 0 atom stereocenters. The van der Waals surface area contributed by atoms with E-state index in [9.17, 15) is 0 Å². The largest absolute Gasteiger partial charge is 1.00 e. The van der Waals surface area contributed by atoms with E-state index in [1.165, 1.54) is 17.0 Å². The number of para-hydroxylation sites is 2. The smallest absolute Gasteiger partial charge is 0.358 e. The van der Waals surface area contributed by atoms with E-state index in [1.807, 2.05) is 18.2 Å². The standard InChI is InChI=1S/C17H16ClN3.ClH/c18-14-7-2-1-6-13(14)12-21-16-9-4-3-8-15(16)20-11-5-10-19-17(20)21;/h1-4,6-9H,5,10-12H2;1H. The van der Waals surface area contributed by atoms with Gasteiger partial charge in [0, 0.05) is 17.0 Å². The number of hydrogen-bond acceptors (Lipinski definition) is 1. The number of anilines is 1. The van der Waals surface area contributed by atoms with Gasteiger partial charge in [-0.05, 0) is 18.2 Å². The SMILES string of the molecule is Clc1ccccc1Cn1c2[n+](c3ccccc31)CCCN2.[Cl-]. The fourth-order valence-electron chi connectivity index (χ4n) is 3.11. The van der Waals surface area contributed by atoms with Crippen LogP contribution in [-0.4, -0.2) is 11.1 Å². The highest BCUT2D eigenvalue weighted by atomic mass is 35.5. The highest BCUT2D eigenvalue weighted by molar-refractivity contribution is 6.31. The fourth-order valence-corrected chi connectivity index (χ4v) is 3.30. The van der Waals surface area contributed by atoms with Crippen molar-refractivity contribution in [3.63, 3.8) is 0 Å². The van der Waals surface area contributed by atoms with Crippen molar-refractivity contribution in [3.05, 3.63) is 59.1 Å². The van der Waals surface area contributed by atoms with Crippen LogP contribution in [0.2, 0.25) is 5.02 Å². The topological polar surface area (TPSA) is 20.8 Å². The zero-order valence-electron chi connectivity index (χ0n) is 12.1. The molecule has 0 aliphatic carbocycles. The summed E-state index contributed by atoms with van der Waals surface area (Å²) >= 11 is 6.33. The number of imidazole rings is 1. The van der Waals surface area contributed by atoms with Crippen molar-refractivity contribution in [3.8, 4) is 0 Å². The van der Waals surface area contributed by atoms with Crippen LogP contribution in [0, 0.1) is 0 Å². The van der Waals surface area contributed by atoms with Gasteiger partial charge in [0.1, 0.15) is 11.0 Å². The van der Waals surface area contributed by atoms with Crippen LogP contribution < -0.4 is 22.3 Å². The van der Waals surface area contributed by atoms with Crippen molar-refractivity contribution in [1.29, 1.82) is 0 Å². The van der Waals surface area contributed by atoms with Crippen molar-refractivity contribution in [2.75, 3.05) is 11.9 Å². The van der Waals surface area contributed by atoms with Crippen molar-refractivity contribution in [1.82, 2.24) is 4.57 Å². The minimum absolute atomic E-state index is 0. The molecule has 0 unspecified atom stereocenters. The Morgan fingerprint density at radius 2 is 1.86 bits per heavy atom. The lowest BCUT2D eigenvalue weighted by molar-refractivity contribution is -0.661. The Morgan fingerprint density at radius 1 is 1.09 bits per heavy atom. The average molecular weight is 334 g/mol. The Hall–Kier alpha value is -1.71. The molecule has 1 aliphatic heterocycles. The summed E-state index contributed by atoms with van der Waals surface area (Å²) in [5, 5.41) is 4.37. The minimum atomic E-state index is 0. The third-order valence-electron chi connectivity index (χ3n) is 4.10. The predicted molar refractivity (Wildman–Crippen MR) is 85.8 cm³/mol. The fraction of sp³-hybridized carbons (Fsp3) is 0.235. The summed E-state index contributed by atoms with van der Waals surface area (Å²) in [6.07, 6.45) is 1.16. The number of aromatic nitrogens is 2. The van der Waals surface area contributed by atoms with Gasteiger partial charge in [0.05, 0.1) is 19.6 Å². The lowest BCUT2D eigenvalue weighted by atomic mass is 10.2. The Kier molecular flexibility index (Phi) is 4.27. The monoisotopic (exact) mass is 333 g/mol. The second-order valence-electron chi connectivity index (χ2n) is 5.42. The molecule has 4 rings (SSSR count). The molecular formula is C17H17Cl2N3. The van der Waals surface area contributed by atoms with Crippen molar-refractivity contribution < 1.29 is 17.0 Å². The maximum Gasteiger partial charge on any atom is 0.358 e. The molecule has 0 spiro atoms. The number of nitrogens with one attached hydrogen (secondary N) is 1. The van der Waals surface area contributed by atoms with E-state index in [0.717, 1.165) is 36.6 Å². The zero-order valence-corrected chi connectivity index (χ0v) is 13.6. The van der Waals surface area contributed by atoms with Crippen LogP contribution in [0.4, 0.5) is 5.95 Å². The van der Waals surface area contributed by atoms with E-state index in [0.29, 0.717) is 0 Å². The minimum Gasteiger partial charge on any atom is -1.00 e. The number of halogens is 2. The second kappa shape index (κ2) is 6.19. The number of aryl methyl sites for hydroxylation is 1. The van der Waals surface area contributed by atoms with Gasteiger partial charge < -0.3 is 12.4 Å². The van der Waals surface area contributed by atoms with Crippen molar-refractivity contribution in [2.45, 2.75) is 19.5 Å². The van der Waals surface area contributed by atoms with Crippen LogP contribution in [0.15, 0.2) is 48.5 Å². The average Bonchev–Trinajstić information content (AvgIpc) is 2.85. The molecule has 0 saturated carbocycles. The number of benzene rings is 2. The third kappa shape index (κ3) is 2.44. The molecule has 3 aromatic rings. The van der Waals surface area contributed by atoms with Crippen LogP contribution in [0.25, 0.3) is 11.0 Å². The highest BCUT2D eigenvalue weighted by Gasteiger charge is 2.26. The molecule has 1 N–H and O–H groups in total. The molecule has 2 aromatic carbocycles. The summed E-state index contributed by atoms with van der Waals surface area (Å²) < 4.78 is 4.70. The first-order chi connectivity index (χ1) is 10.3. The van der Waals surface area contributed by atoms with Crippen molar-refractivity contribution >= 4 is 28.6 Å². The van der Waals surface area contributed by atoms with Crippen LogP contribution >= 0.6 is 11.6 Å². The van der Waals surface area contributed by atoms with Crippen LogP contribution in [-0.2, 0) is 13.1 Å². The van der Waals surface area contributed by atoms with Gasteiger partial charge in [-0.15, -0.1) is 0 Å². The third-order valence-corrected chi connectivity index (χ3v) is 4.47. The molecule has 0 bridgehead atoms. The summed E-state index contributed by atoms with van der Waals surface area (Å²) in [5.41, 5.74) is 3.68. The van der Waals surface area contributed by atoms with Crippen molar-refractivity contribution in [2.24, 2.45) is 0 Å². The Morgan fingerprint density at radius 3 is 2.73 bits per heavy atom. The van der Waals surface area contributed by atoms with Gasteiger partial charge in [0.15, 0.2) is 0 Å². The second-order valence-corrected chi connectivity index (χ2v) is 5.83. The number of nitrogens with zero attached hydrogens (tertiary/aromatic N) is 2. The van der Waals surface area contributed by atoms with Gasteiger partial charge in [-0.3, -0.25) is 5.32 Å². The first-order valence-electron chi connectivity index (χ1n) is 7.33. The highest BCUT2D eigenvalue weighted by Crippen LogP contribution is 2.24. The molecule has 1 aromatic heterocycles. The van der Waals surface area contributed by atoms with E-state index >= 15 is 0 Å². The molecule has 5 heteroatoms. The number of fused-ring (bicyclic) bond motifs is 3. The summed E-state index contributed by atoms with van der Waals surface area (Å²) in [7, 11) is 0. The van der Waals surface area contributed by atoms with E-state index in [4.69, 9.17) is 11.6 Å². The van der Waals surface area contributed by atoms with Gasteiger partial charge in [0.2, 0.25) is 0 Å². The molecule has 114 valence electrons. The molecule has 0 saturated heterocycles. The summed E-state index contributed by atoms with van der Waals surface area (Å²) in [6, 6.07) is 16.6. The van der Waals surface area contributed by atoms with Crippen LogP contribution in [0.5, 0.6) is 0 Å². The molecule has 2 heterocycles. The molecule has 1 aliphatic rings. The summed E-state index contributed by atoms with van der Waals surface area (Å²) in [5.74, 6) is 1.18. The molecule has 22 heavy (non-hydrogen) atoms. The van der Waals surface area contributed by atoms with Gasteiger partial charge in [-0.2, -0.15) is 0 Å². The molecular weight excluding hydrogens is 317 g/mol. The maximum absolute atomic E-state index is 6.33. The van der Waals surface area contributed by atoms with E-state index in [-0.39, 0.29) is 12.4 Å². The summed E-state index contributed by atoms with van der Waals surface area (Å²) in [6.45, 7) is 2.88. The van der Waals surface area contributed by atoms with Crippen LogP contribution in [0.3, 0.4) is 0 Å². The van der Waals surface area contributed by atoms with E-state index in [1.54, 1.807) is 0 Å². The molecule has 0 radical (unpaired) electrons. The van der Waals surface area contributed by atoms with E-state index in [2.05, 4.69) is 44.8 Å². The lowest BCUT2D eigenvalue weighted by Crippen LogP contribution is -3.00. The Labute approximate surface area is 140 Å².